The first kappa shape index (κ1) is 22.8. The molecule has 35 heavy (non-hydrogen) atoms. The molecule has 2 heterocycles. The third-order valence-corrected chi connectivity index (χ3v) is 6.17. The normalized spacial score (nSPS) is 13.6. The summed E-state index contributed by atoms with van der Waals surface area (Å²) in [5, 5.41) is 11.4. The maximum Gasteiger partial charge on any atom is 0.256 e. The average Bonchev–Trinajstić information content (AvgIpc) is 3.63. The Labute approximate surface area is 204 Å². The number of fused-ring (bicyclic) bond motifs is 1. The first-order chi connectivity index (χ1) is 16.7. The fourth-order valence-corrected chi connectivity index (χ4v) is 4.22. The number of hydrogen-bond acceptors (Lipinski definition) is 4. The van der Waals surface area contributed by atoms with Gasteiger partial charge in [0.1, 0.15) is 0 Å². The van der Waals surface area contributed by atoms with Gasteiger partial charge in [-0.2, -0.15) is 5.10 Å². The average molecular weight is 468 g/mol. The van der Waals surface area contributed by atoms with Gasteiger partial charge in [0.15, 0.2) is 5.65 Å². The molecule has 0 bridgehead atoms. The lowest BCUT2D eigenvalue weighted by molar-refractivity contribution is 0.101. The van der Waals surface area contributed by atoms with E-state index in [0.29, 0.717) is 28.4 Å². The van der Waals surface area contributed by atoms with Gasteiger partial charge in [-0.15, -0.1) is 0 Å². The van der Waals surface area contributed by atoms with Crippen LogP contribution in [0.4, 0.5) is 11.4 Å². The standard InChI is InChI=1S/C28H29N5O2/c1-17-24-20(16-23(18-14-15-18)29-25(24)33(32-17)28(2,3)4)27(35)31-22-13-9-8-12-21(22)30-26(34)19-10-6-5-7-11-19/h5-13,16,18H,14-15H2,1-4H3,(H,30,34)(H,31,35). The number of nitrogens with one attached hydrogen (secondary N) is 2. The molecule has 5 rings (SSSR count). The summed E-state index contributed by atoms with van der Waals surface area (Å²) in [6.07, 6.45) is 2.16. The minimum atomic E-state index is -0.274. The predicted molar refractivity (Wildman–Crippen MR) is 138 cm³/mol. The van der Waals surface area contributed by atoms with Crippen molar-refractivity contribution in [1.82, 2.24) is 14.8 Å². The maximum atomic E-state index is 13.7. The van der Waals surface area contributed by atoms with Crippen molar-refractivity contribution in [2.24, 2.45) is 0 Å². The van der Waals surface area contributed by atoms with Crippen LogP contribution in [-0.4, -0.2) is 26.6 Å². The molecule has 0 unspecified atom stereocenters. The number of rotatable bonds is 5. The molecule has 1 aliphatic rings. The van der Waals surface area contributed by atoms with Crippen LogP contribution in [-0.2, 0) is 5.54 Å². The molecule has 0 atom stereocenters. The van der Waals surface area contributed by atoms with Crippen molar-refractivity contribution >= 4 is 34.2 Å². The van der Waals surface area contributed by atoms with E-state index in [1.807, 2.05) is 48.0 Å². The van der Waals surface area contributed by atoms with Gasteiger partial charge in [-0.3, -0.25) is 9.59 Å². The molecule has 2 N–H and O–H groups in total. The van der Waals surface area contributed by atoms with Crippen molar-refractivity contribution in [2.45, 2.75) is 52.0 Å². The topological polar surface area (TPSA) is 88.9 Å². The second-order valence-corrected chi connectivity index (χ2v) is 10.1. The van der Waals surface area contributed by atoms with Crippen molar-refractivity contribution in [3.63, 3.8) is 0 Å². The Morgan fingerprint density at radius 2 is 1.51 bits per heavy atom. The monoisotopic (exact) mass is 467 g/mol. The highest BCUT2D eigenvalue weighted by Gasteiger charge is 2.30. The van der Waals surface area contributed by atoms with E-state index in [1.165, 1.54) is 0 Å². The fourth-order valence-electron chi connectivity index (χ4n) is 4.22. The number of anilines is 2. The lowest BCUT2D eigenvalue weighted by Gasteiger charge is -2.20. The number of amides is 2. The summed E-state index contributed by atoms with van der Waals surface area (Å²) in [6, 6.07) is 18.1. The highest BCUT2D eigenvalue weighted by molar-refractivity contribution is 6.14. The molecule has 0 radical (unpaired) electrons. The Morgan fingerprint density at radius 1 is 0.914 bits per heavy atom. The van der Waals surface area contributed by atoms with Crippen molar-refractivity contribution in [3.05, 3.63) is 83.2 Å². The van der Waals surface area contributed by atoms with Crippen LogP contribution in [0.15, 0.2) is 60.7 Å². The van der Waals surface area contributed by atoms with Gasteiger partial charge < -0.3 is 10.6 Å². The quantitative estimate of drug-likeness (QED) is 0.384. The molecule has 4 aromatic rings. The van der Waals surface area contributed by atoms with E-state index >= 15 is 0 Å². The van der Waals surface area contributed by atoms with Gasteiger partial charge in [-0.25, -0.2) is 9.67 Å². The van der Waals surface area contributed by atoms with E-state index in [-0.39, 0.29) is 17.4 Å². The predicted octanol–water partition coefficient (Wildman–Crippen LogP) is 5.88. The molecule has 1 fully saturated rings. The third kappa shape index (κ3) is 4.54. The molecular formula is C28H29N5O2. The Kier molecular flexibility index (Phi) is 5.63. The largest absolute Gasteiger partial charge is 0.320 e. The summed E-state index contributed by atoms with van der Waals surface area (Å²) in [5.41, 5.74) is 4.31. The van der Waals surface area contributed by atoms with Crippen LogP contribution >= 0.6 is 0 Å². The number of carbonyl (C=O) groups is 2. The second kappa shape index (κ2) is 8.65. The molecule has 2 aromatic heterocycles. The summed E-state index contributed by atoms with van der Waals surface area (Å²) in [6.45, 7) is 8.15. The Bertz CT molecular complexity index is 1430. The summed E-state index contributed by atoms with van der Waals surface area (Å²) in [7, 11) is 0. The van der Waals surface area contributed by atoms with E-state index in [1.54, 1.807) is 24.3 Å². The van der Waals surface area contributed by atoms with Crippen LogP contribution in [0.25, 0.3) is 11.0 Å². The van der Waals surface area contributed by atoms with E-state index in [4.69, 9.17) is 10.1 Å². The first-order valence-electron chi connectivity index (χ1n) is 11.9. The van der Waals surface area contributed by atoms with Gasteiger partial charge in [0.2, 0.25) is 0 Å². The number of para-hydroxylation sites is 2. The second-order valence-electron chi connectivity index (χ2n) is 10.1. The van der Waals surface area contributed by atoms with Crippen molar-refractivity contribution in [3.8, 4) is 0 Å². The van der Waals surface area contributed by atoms with Crippen LogP contribution in [0.2, 0.25) is 0 Å². The zero-order valence-corrected chi connectivity index (χ0v) is 20.4. The number of benzene rings is 2. The summed E-state index contributed by atoms with van der Waals surface area (Å²) < 4.78 is 1.91. The Morgan fingerprint density at radius 3 is 2.11 bits per heavy atom. The van der Waals surface area contributed by atoms with Crippen LogP contribution in [0, 0.1) is 6.92 Å². The van der Waals surface area contributed by atoms with Crippen LogP contribution in [0.1, 0.15) is 71.6 Å². The Hall–Kier alpha value is -4.00. The molecule has 7 heteroatoms. The minimum Gasteiger partial charge on any atom is -0.320 e. The summed E-state index contributed by atoms with van der Waals surface area (Å²) in [5.74, 6) is -0.110. The van der Waals surface area contributed by atoms with Gasteiger partial charge >= 0.3 is 0 Å². The Balaban J connectivity index is 1.51. The molecule has 0 aliphatic heterocycles. The van der Waals surface area contributed by atoms with Crippen LogP contribution in [0.5, 0.6) is 0 Å². The number of carbonyl (C=O) groups excluding carboxylic acids is 2. The molecule has 1 aliphatic carbocycles. The van der Waals surface area contributed by atoms with Gasteiger partial charge in [0, 0.05) is 17.2 Å². The van der Waals surface area contributed by atoms with E-state index in [2.05, 4.69) is 31.4 Å². The fraction of sp³-hybridized carbons (Fsp3) is 0.286. The van der Waals surface area contributed by atoms with Gasteiger partial charge in [0.05, 0.1) is 33.6 Å². The number of hydrogen-bond donors (Lipinski definition) is 2. The molecule has 1 saturated carbocycles. The number of nitrogens with zero attached hydrogens (tertiary/aromatic N) is 3. The number of pyridine rings is 1. The van der Waals surface area contributed by atoms with E-state index in [0.717, 1.165) is 35.3 Å². The molecule has 0 saturated heterocycles. The lowest BCUT2D eigenvalue weighted by Crippen LogP contribution is -2.24. The smallest absolute Gasteiger partial charge is 0.256 e. The molecule has 0 spiro atoms. The lowest BCUT2D eigenvalue weighted by atomic mass is 10.1. The highest BCUT2D eigenvalue weighted by Crippen LogP contribution is 2.41. The van der Waals surface area contributed by atoms with E-state index in [9.17, 15) is 9.59 Å². The summed E-state index contributed by atoms with van der Waals surface area (Å²) in [4.78, 5) is 31.3. The maximum absolute atomic E-state index is 13.7. The highest BCUT2D eigenvalue weighted by atomic mass is 16.2. The zero-order chi connectivity index (χ0) is 24.7. The van der Waals surface area contributed by atoms with Crippen molar-refractivity contribution < 1.29 is 9.59 Å². The zero-order valence-electron chi connectivity index (χ0n) is 20.4. The number of aromatic nitrogens is 3. The molecule has 2 amide bonds. The summed E-state index contributed by atoms with van der Waals surface area (Å²) >= 11 is 0. The van der Waals surface area contributed by atoms with Crippen LogP contribution in [0.3, 0.4) is 0 Å². The van der Waals surface area contributed by atoms with Gasteiger partial charge in [-0.1, -0.05) is 30.3 Å². The molecule has 178 valence electrons. The van der Waals surface area contributed by atoms with Crippen LogP contribution < -0.4 is 10.6 Å². The molecule has 7 nitrogen and oxygen atoms in total. The van der Waals surface area contributed by atoms with Crippen molar-refractivity contribution in [2.75, 3.05) is 10.6 Å². The SMILES string of the molecule is Cc1nn(C(C)(C)C)c2nc(C3CC3)cc(C(=O)Nc3ccccc3NC(=O)c3ccccc3)c12. The minimum absolute atomic E-state index is 0.239. The molecular weight excluding hydrogens is 438 g/mol. The van der Waals surface area contributed by atoms with E-state index < -0.39 is 0 Å². The first-order valence-corrected chi connectivity index (χ1v) is 11.9. The van der Waals surface area contributed by atoms with Gasteiger partial charge in [-0.05, 0) is 70.9 Å². The van der Waals surface area contributed by atoms with Gasteiger partial charge in [0.25, 0.3) is 11.8 Å². The van der Waals surface area contributed by atoms with Crippen molar-refractivity contribution in [1.29, 1.82) is 0 Å². The third-order valence-electron chi connectivity index (χ3n) is 6.17. The number of aryl methyl sites for hydroxylation is 1. The molecule has 2 aromatic carbocycles.